The number of aromatic nitrogens is 2. The molecular weight excluding hydrogens is 996 g/mol. The molecule has 0 spiro atoms. The Bertz CT molecular complexity index is 2420. The van der Waals surface area contributed by atoms with Gasteiger partial charge in [-0.3, -0.25) is 9.08 Å². The molecular formula is C53H84F3N5O9SSi2. The van der Waals surface area contributed by atoms with Gasteiger partial charge in [0.1, 0.15) is 17.7 Å². The normalized spacial score (nSPS) is 18.9. The van der Waals surface area contributed by atoms with Crippen LogP contribution in [-0.2, 0) is 56.7 Å². The topological polar surface area (TPSA) is 142 Å². The van der Waals surface area contributed by atoms with Crippen molar-refractivity contribution in [2.24, 2.45) is 0 Å². The number of alkyl halides is 3. The number of hydrogen-bond acceptors (Lipinski definition) is 13. The van der Waals surface area contributed by atoms with Crippen LogP contribution in [0.1, 0.15) is 119 Å². The lowest BCUT2D eigenvalue weighted by molar-refractivity contribution is -0.137. The fourth-order valence-electron chi connectivity index (χ4n) is 8.79. The second-order valence-electron chi connectivity index (χ2n) is 23.1. The van der Waals surface area contributed by atoms with Gasteiger partial charge in [-0.05, 0) is 131 Å². The maximum absolute atomic E-state index is 13.6. The van der Waals surface area contributed by atoms with Crippen molar-refractivity contribution in [2.75, 3.05) is 68.8 Å². The summed E-state index contributed by atoms with van der Waals surface area (Å²) in [5.74, 6) is 1.56. The summed E-state index contributed by atoms with van der Waals surface area (Å²) < 4.78 is 98.8. The quantitative estimate of drug-likeness (QED) is 0.0882. The number of halogens is 3. The van der Waals surface area contributed by atoms with Crippen molar-refractivity contribution in [1.29, 1.82) is 0 Å². The fourth-order valence-corrected chi connectivity index (χ4v) is 11.2. The average Bonchev–Trinajstić information content (AvgIpc) is 3.57. The molecule has 0 radical (unpaired) electrons. The molecule has 0 saturated carbocycles. The van der Waals surface area contributed by atoms with Crippen LogP contribution in [-0.4, -0.2) is 123 Å². The lowest BCUT2D eigenvalue weighted by atomic mass is 9.98. The second-order valence-corrected chi connectivity index (χ2v) is 34.3. The Balaban J connectivity index is 0.000000289. The van der Waals surface area contributed by atoms with Gasteiger partial charge >= 0.3 is 12.3 Å². The Morgan fingerprint density at radius 2 is 1.16 bits per heavy atom. The predicted octanol–water partition coefficient (Wildman–Crippen LogP) is 11.7. The van der Waals surface area contributed by atoms with Crippen LogP contribution in [0.15, 0.2) is 42.7 Å². The van der Waals surface area contributed by atoms with E-state index in [0.717, 1.165) is 78.0 Å². The second kappa shape index (κ2) is 24.6. The number of pyridine rings is 2. The Kier molecular flexibility index (Phi) is 20.3. The van der Waals surface area contributed by atoms with Gasteiger partial charge in [-0.15, -0.1) is 0 Å². The van der Waals surface area contributed by atoms with Crippen molar-refractivity contribution >= 4 is 44.5 Å². The van der Waals surface area contributed by atoms with E-state index in [9.17, 15) is 26.4 Å². The number of hydrogen-bond donors (Lipinski definition) is 0. The van der Waals surface area contributed by atoms with Crippen LogP contribution in [0.5, 0.6) is 0 Å². The maximum Gasteiger partial charge on any atom is 0.416 e. The van der Waals surface area contributed by atoms with Crippen LogP contribution in [0.4, 0.5) is 29.6 Å². The van der Waals surface area contributed by atoms with Gasteiger partial charge in [0.2, 0.25) is 0 Å². The Hall–Kier alpha value is -3.64. The van der Waals surface area contributed by atoms with Crippen LogP contribution in [0.3, 0.4) is 0 Å². The first-order valence-corrected chi connectivity index (χ1v) is 33.3. The zero-order valence-corrected chi connectivity index (χ0v) is 49.0. The molecule has 3 aliphatic heterocycles. The summed E-state index contributed by atoms with van der Waals surface area (Å²) in [4.78, 5) is 28.9. The molecule has 3 saturated heterocycles. The zero-order valence-electron chi connectivity index (χ0n) is 46.2. The Labute approximate surface area is 436 Å². The molecule has 0 unspecified atom stereocenters. The van der Waals surface area contributed by atoms with E-state index in [2.05, 4.69) is 82.5 Å². The summed E-state index contributed by atoms with van der Waals surface area (Å²) in [6, 6.07) is 7.82. The highest BCUT2D eigenvalue weighted by molar-refractivity contribution is 7.85. The summed E-state index contributed by atoms with van der Waals surface area (Å²) in [5.41, 5.74) is 3.61. The van der Waals surface area contributed by atoms with Gasteiger partial charge in [0.25, 0.3) is 10.1 Å². The highest BCUT2D eigenvalue weighted by Crippen LogP contribution is 2.40. The van der Waals surface area contributed by atoms with E-state index in [-0.39, 0.29) is 35.3 Å². The number of anilines is 2. The lowest BCUT2D eigenvalue weighted by Crippen LogP contribution is -2.46. The number of benzene rings is 1. The van der Waals surface area contributed by atoms with Gasteiger partial charge in [-0.2, -0.15) is 21.6 Å². The smallest absolute Gasteiger partial charge is 0.416 e. The van der Waals surface area contributed by atoms with E-state index >= 15 is 0 Å². The monoisotopic (exact) mass is 1080 g/mol. The molecule has 2 aromatic heterocycles. The number of rotatable bonds is 18. The first-order chi connectivity index (χ1) is 33.8. The number of aryl methyl sites for hydroxylation is 3. The SMILES string of the molecule is Cc1cc([C@H]2OC(=O)N(Cc3cc(C)cnc3N(CCO[Si](C)(C)C(C)(C)C)C3CCOCC3)[C@H]2C)cc(C(F)(F)F)c1.Cc1cnc(N(CCO[Si](C)(C)C(C)(C)C)C2CCOCC2)c(COS(C)(=O)=O)c1. The van der Waals surface area contributed by atoms with Crippen molar-refractivity contribution in [3.63, 3.8) is 0 Å². The molecule has 0 bridgehead atoms. The van der Waals surface area contributed by atoms with Crippen molar-refractivity contribution < 1.29 is 53.6 Å². The third-order valence-electron chi connectivity index (χ3n) is 15.1. The largest absolute Gasteiger partial charge is 0.439 e. The molecule has 20 heteroatoms. The fraction of sp³-hybridized carbons (Fsp3) is 0.679. The van der Waals surface area contributed by atoms with E-state index in [0.29, 0.717) is 63.9 Å². The molecule has 0 aliphatic carbocycles. The third kappa shape index (κ3) is 16.7. The van der Waals surface area contributed by atoms with Gasteiger partial charge in [-0.25, -0.2) is 14.8 Å². The van der Waals surface area contributed by atoms with E-state index in [1.165, 1.54) is 0 Å². The summed E-state index contributed by atoms with van der Waals surface area (Å²) in [6.07, 6.45) is 2.38. The van der Waals surface area contributed by atoms with Crippen LogP contribution < -0.4 is 9.80 Å². The predicted molar refractivity (Wildman–Crippen MR) is 287 cm³/mol. The molecule has 73 heavy (non-hydrogen) atoms. The molecule has 3 aromatic rings. The van der Waals surface area contributed by atoms with E-state index < -0.39 is 56.7 Å². The van der Waals surface area contributed by atoms with Crippen molar-refractivity contribution in [3.8, 4) is 0 Å². The Morgan fingerprint density at radius 3 is 1.60 bits per heavy atom. The van der Waals surface area contributed by atoms with E-state index in [1.807, 2.05) is 45.3 Å². The molecule has 3 aliphatic rings. The van der Waals surface area contributed by atoms with Gasteiger partial charge in [-0.1, -0.05) is 53.2 Å². The number of ether oxygens (including phenoxy) is 3. The third-order valence-corrected chi connectivity index (χ3v) is 24.7. The van der Waals surface area contributed by atoms with Gasteiger partial charge in [0.05, 0.1) is 44.2 Å². The van der Waals surface area contributed by atoms with Crippen LogP contribution in [0.25, 0.3) is 0 Å². The summed E-state index contributed by atoms with van der Waals surface area (Å²) in [7, 11) is -7.37. The first-order valence-electron chi connectivity index (χ1n) is 25.7. The van der Waals surface area contributed by atoms with Gasteiger partial charge < -0.3 is 32.9 Å². The molecule has 3 fully saturated rings. The van der Waals surface area contributed by atoms with E-state index in [1.54, 1.807) is 17.9 Å². The summed E-state index contributed by atoms with van der Waals surface area (Å²) in [5, 5.41) is 0.234. The minimum atomic E-state index is -4.49. The maximum atomic E-state index is 13.6. The molecule has 1 amide bonds. The lowest BCUT2D eigenvalue weighted by Gasteiger charge is -2.39. The van der Waals surface area contributed by atoms with E-state index in [4.69, 9.17) is 32.2 Å². The summed E-state index contributed by atoms with van der Waals surface area (Å²) >= 11 is 0. The highest BCUT2D eigenvalue weighted by atomic mass is 32.2. The number of nitrogens with zero attached hydrogens (tertiary/aromatic N) is 5. The van der Waals surface area contributed by atoms with Crippen LogP contribution in [0.2, 0.25) is 36.3 Å². The number of cyclic esters (lactones) is 1. The van der Waals surface area contributed by atoms with Gasteiger partial charge in [0.15, 0.2) is 16.6 Å². The van der Waals surface area contributed by atoms with Gasteiger partial charge in [0, 0.05) is 75.1 Å². The minimum Gasteiger partial charge on any atom is -0.439 e. The zero-order chi connectivity index (χ0) is 54.3. The van der Waals surface area contributed by atoms with Crippen LogP contribution >= 0.6 is 0 Å². The van der Waals surface area contributed by atoms with Crippen LogP contribution in [0, 0.1) is 20.8 Å². The van der Waals surface area contributed by atoms with Crippen molar-refractivity contribution in [2.45, 2.75) is 175 Å². The molecule has 2 atom stereocenters. The Morgan fingerprint density at radius 1 is 0.712 bits per heavy atom. The average molecular weight is 1080 g/mol. The summed E-state index contributed by atoms with van der Waals surface area (Å²) in [6.45, 7) is 35.1. The highest BCUT2D eigenvalue weighted by Gasteiger charge is 2.43. The molecule has 410 valence electrons. The standard InChI is InChI=1S/C32H46F3N3O4Si.C21H38N2O5SSi/c1-21-15-24(18-26(17-21)32(33,34)35)28-23(3)38(30(39)42-28)20-25-16-22(2)19-36-29(25)37(27-9-12-40-13-10-27)11-14-41-43(7,8)31(4,5)6;1-17-14-18(16-27-29(5,24)25)20(22-15-17)23(19-8-11-26-12-9-19)10-13-28-30(6,7)21(2,3)4/h15-19,23,27-28H,9-14,20H2,1-8H3;14-15,19H,8-13,16H2,1-7H3/t23-,28-;/m0./s1. The van der Waals surface area contributed by atoms with Crippen molar-refractivity contribution in [1.82, 2.24) is 14.9 Å². The number of carbonyl (C=O) groups is 1. The molecule has 6 rings (SSSR count). The first kappa shape index (κ1) is 60.2. The molecule has 5 heterocycles. The number of amides is 1. The van der Waals surface area contributed by atoms with Crippen molar-refractivity contribution in [3.05, 3.63) is 81.7 Å². The molecule has 1 aromatic carbocycles. The number of carbonyl (C=O) groups excluding carboxylic acids is 1. The minimum absolute atomic E-state index is 0.0222. The molecule has 14 nitrogen and oxygen atoms in total. The molecule has 0 N–H and O–H groups in total.